The number of rotatable bonds is 2. The minimum absolute atomic E-state index is 0.911. The van der Waals surface area contributed by atoms with E-state index in [0.29, 0.717) is 0 Å². The normalized spacial score (nSPS) is 17.7. The maximum absolute atomic E-state index is 4.64. The van der Waals surface area contributed by atoms with E-state index >= 15 is 0 Å². The number of pyridine rings is 1. The zero-order chi connectivity index (χ0) is 11.7. The van der Waals surface area contributed by atoms with Gasteiger partial charge in [-0.2, -0.15) is 0 Å². The molecule has 5 nitrogen and oxygen atoms in total. The van der Waals surface area contributed by atoms with Crippen LogP contribution >= 0.6 is 0 Å². The van der Waals surface area contributed by atoms with Gasteiger partial charge in [-0.05, 0) is 12.1 Å². The van der Waals surface area contributed by atoms with Crippen molar-refractivity contribution in [3.63, 3.8) is 0 Å². The smallest absolute Gasteiger partial charge is 0.159 e. The molecule has 0 atom stereocenters. The Morgan fingerprint density at radius 2 is 2.18 bits per heavy atom. The van der Waals surface area contributed by atoms with Gasteiger partial charge in [0.1, 0.15) is 11.3 Å². The van der Waals surface area contributed by atoms with E-state index in [-0.39, 0.29) is 0 Å². The maximum atomic E-state index is 4.64. The van der Waals surface area contributed by atoms with Crippen molar-refractivity contribution in [2.45, 2.75) is 6.54 Å². The standard InChI is InChI=1S/C12H17N5/c1-16-11(9-17-7-5-13-6-8-17)15-10-3-2-4-14-12(10)16/h2-4,13H,5-9H2,1H3. The molecule has 2 aromatic heterocycles. The van der Waals surface area contributed by atoms with Gasteiger partial charge < -0.3 is 9.88 Å². The Bertz CT molecular complexity index is 513. The van der Waals surface area contributed by atoms with Gasteiger partial charge in [0.2, 0.25) is 0 Å². The molecule has 0 unspecified atom stereocenters. The van der Waals surface area contributed by atoms with Crippen LogP contribution < -0.4 is 5.32 Å². The van der Waals surface area contributed by atoms with Crippen LogP contribution in [0.1, 0.15) is 5.82 Å². The molecule has 1 aliphatic heterocycles. The number of hydrogen-bond donors (Lipinski definition) is 1. The second kappa shape index (κ2) is 4.43. The fourth-order valence-corrected chi connectivity index (χ4v) is 2.28. The lowest BCUT2D eigenvalue weighted by Crippen LogP contribution is -2.43. The van der Waals surface area contributed by atoms with Crippen LogP contribution in [-0.4, -0.2) is 45.6 Å². The molecule has 0 saturated carbocycles. The first-order chi connectivity index (χ1) is 8.34. The third-order valence-electron chi connectivity index (χ3n) is 3.30. The lowest BCUT2D eigenvalue weighted by atomic mass is 10.3. The average molecular weight is 231 g/mol. The van der Waals surface area contributed by atoms with Crippen LogP contribution in [0.3, 0.4) is 0 Å². The summed E-state index contributed by atoms with van der Waals surface area (Å²) in [4.78, 5) is 11.4. The molecular formula is C12H17N5. The molecule has 90 valence electrons. The highest BCUT2D eigenvalue weighted by molar-refractivity contribution is 5.70. The molecule has 17 heavy (non-hydrogen) atoms. The highest BCUT2D eigenvalue weighted by Gasteiger charge is 2.14. The van der Waals surface area contributed by atoms with Crippen molar-refractivity contribution >= 4 is 11.2 Å². The molecule has 1 fully saturated rings. The van der Waals surface area contributed by atoms with E-state index < -0.39 is 0 Å². The predicted octanol–water partition coefficient (Wildman–Crippen LogP) is 0.373. The van der Waals surface area contributed by atoms with Gasteiger partial charge in [0, 0.05) is 39.4 Å². The van der Waals surface area contributed by atoms with E-state index in [4.69, 9.17) is 0 Å². The van der Waals surface area contributed by atoms with E-state index in [1.807, 2.05) is 25.4 Å². The van der Waals surface area contributed by atoms with Gasteiger partial charge in [0.05, 0.1) is 6.54 Å². The SMILES string of the molecule is Cn1c(CN2CCNCC2)nc2cccnc21. The zero-order valence-corrected chi connectivity index (χ0v) is 10.1. The van der Waals surface area contributed by atoms with Crippen molar-refractivity contribution in [3.8, 4) is 0 Å². The van der Waals surface area contributed by atoms with E-state index in [9.17, 15) is 0 Å². The lowest BCUT2D eigenvalue weighted by molar-refractivity contribution is 0.226. The first kappa shape index (κ1) is 10.7. The Balaban J connectivity index is 1.87. The number of imidazole rings is 1. The second-order valence-corrected chi connectivity index (χ2v) is 4.46. The molecule has 0 spiro atoms. The number of aromatic nitrogens is 3. The van der Waals surface area contributed by atoms with Crippen molar-refractivity contribution in [3.05, 3.63) is 24.2 Å². The minimum atomic E-state index is 0.911. The predicted molar refractivity (Wildman–Crippen MR) is 66.7 cm³/mol. The third kappa shape index (κ3) is 2.03. The van der Waals surface area contributed by atoms with Gasteiger partial charge in [0.25, 0.3) is 0 Å². The molecule has 0 aliphatic carbocycles. The van der Waals surface area contributed by atoms with Crippen molar-refractivity contribution in [2.75, 3.05) is 26.2 Å². The van der Waals surface area contributed by atoms with Crippen molar-refractivity contribution in [1.82, 2.24) is 24.8 Å². The van der Waals surface area contributed by atoms with Crippen molar-refractivity contribution in [2.24, 2.45) is 7.05 Å². The highest BCUT2D eigenvalue weighted by Crippen LogP contribution is 2.13. The fourth-order valence-electron chi connectivity index (χ4n) is 2.28. The first-order valence-corrected chi connectivity index (χ1v) is 6.04. The summed E-state index contributed by atoms with van der Waals surface area (Å²) in [5, 5.41) is 3.36. The summed E-state index contributed by atoms with van der Waals surface area (Å²) in [6, 6.07) is 3.95. The van der Waals surface area contributed by atoms with Crippen LogP contribution in [0.2, 0.25) is 0 Å². The van der Waals surface area contributed by atoms with Crippen molar-refractivity contribution < 1.29 is 0 Å². The van der Waals surface area contributed by atoms with Gasteiger partial charge in [-0.15, -0.1) is 0 Å². The molecule has 0 bridgehead atoms. The van der Waals surface area contributed by atoms with E-state index in [1.54, 1.807) is 0 Å². The molecule has 0 amide bonds. The molecular weight excluding hydrogens is 214 g/mol. The largest absolute Gasteiger partial charge is 0.315 e. The molecule has 2 aromatic rings. The van der Waals surface area contributed by atoms with E-state index in [1.165, 1.54) is 0 Å². The van der Waals surface area contributed by atoms with Crippen LogP contribution in [-0.2, 0) is 13.6 Å². The van der Waals surface area contributed by atoms with Gasteiger partial charge in [-0.25, -0.2) is 9.97 Å². The van der Waals surface area contributed by atoms with Crippen molar-refractivity contribution in [1.29, 1.82) is 0 Å². The third-order valence-corrected chi connectivity index (χ3v) is 3.30. The van der Waals surface area contributed by atoms with E-state index in [2.05, 4.69) is 24.8 Å². The summed E-state index contributed by atoms with van der Waals surface area (Å²) in [7, 11) is 2.04. The molecule has 3 rings (SSSR count). The molecule has 1 saturated heterocycles. The summed E-state index contributed by atoms with van der Waals surface area (Å²) in [6.07, 6.45) is 1.82. The molecule has 5 heteroatoms. The van der Waals surface area contributed by atoms with Gasteiger partial charge in [-0.1, -0.05) is 0 Å². The summed E-state index contributed by atoms with van der Waals surface area (Å²) in [6.45, 7) is 5.24. The number of piperazine rings is 1. The molecule has 0 aromatic carbocycles. The van der Waals surface area contributed by atoms with Crippen LogP contribution in [0, 0.1) is 0 Å². The first-order valence-electron chi connectivity index (χ1n) is 6.04. The number of fused-ring (bicyclic) bond motifs is 1. The molecule has 0 radical (unpaired) electrons. The van der Waals surface area contributed by atoms with Crippen LogP contribution in [0.25, 0.3) is 11.2 Å². The number of hydrogen-bond acceptors (Lipinski definition) is 4. The Hall–Kier alpha value is -1.46. The number of nitrogens with zero attached hydrogens (tertiary/aromatic N) is 4. The molecule has 3 heterocycles. The average Bonchev–Trinajstić information content (AvgIpc) is 2.68. The summed E-state index contributed by atoms with van der Waals surface area (Å²) in [5.41, 5.74) is 1.96. The second-order valence-electron chi connectivity index (χ2n) is 4.46. The minimum Gasteiger partial charge on any atom is -0.315 e. The Labute approximate surface area is 100 Å². The Kier molecular flexibility index (Phi) is 2.78. The summed E-state index contributed by atoms with van der Waals surface area (Å²) in [5.74, 6) is 1.10. The Morgan fingerprint density at radius 3 is 2.94 bits per heavy atom. The van der Waals surface area contributed by atoms with Gasteiger partial charge in [-0.3, -0.25) is 4.90 Å². The molecule has 1 aliphatic rings. The maximum Gasteiger partial charge on any atom is 0.159 e. The van der Waals surface area contributed by atoms with Crippen LogP contribution in [0.15, 0.2) is 18.3 Å². The van der Waals surface area contributed by atoms with E-state index in [0.717, 1.165) is 49.7 Å². The Morgan fingerprint density at radius 1 is 1.35 bits per heavy atom. The number of nitrogens with one attached hydrogen (secondary N) is 1. The lowest BCUT2D eigenvalue weighted by Gasteiger charge is -2.26. The molecule has 1 N–H and O–H groups in total. The van der Waals surface area contributed by atoms with Crippen LogP contribution in [0.5, 0.6) is 0 Å². The van der Waals surface area contributed by atoms with Gasteiger partial charge >= 0.3 is 0 Å². The monoisotopic (exact) mass is 231 g/mol. The number of aryl methyl sites for hydroxylation is 1. The summed E-state index contributed by atoms with van der Waals surface area (Å²) >= 11 is 0. The quantitative estimate of drug-likeness (QED) is 0.811. The summed E-state index contributed by atoms with van der Waals surface area (Å²) < 4.78 is 2.09. The van der Waals surface area contributed by atoms with Gasteiger partial charge in [0.15, 0.2) is 5.65 Å². The fraction of sp³-hybridized carbons (Fsp3) is 0.500. The van der Waals surface area contributed by atoms with Crippen LogP contribution in [0.4, 0.5) is 0 Å². The zero-order valence-electron chi connectivity index (χ0n) is 10.1. The topological polar surface area (TPSA) is 46.0 Å². The highest BCUT2D eigenvalue weighted by atomic mass is 15.2.